The van der Waals surface area contributed by atoms with Crippen molar-refractivity contribution in [3.63, 3.8) is 0 Å². The first-order valence-corrected chi connectivity index (χ1v) is 19.3. The monoisotopic (exact) mass is 835 g/mol. The first kappa shape index (κ1) is 38.2. The molecule has 0 amide bonds. The summed E-state index contributed by atoms with van der Waals surface area (Å²) in [7, 11) is 0. The van der Waals surface area contributed by atoms with Crippen LogP contribution in [0.1, 0.15) is 33.7 Å². The van der Waals surface area contributed by atoms with E-state index in [9.17, 15) is 14.0 Å². The number of para-hydroxylation sites is 2. The van der Waals surface area contributed by atoms with Crippen molar-refractivity contribution < 1.29 is 4.39 Å². The van der Waals surface area contributed by atoms with Crippen LogP contribution in [0.4, 0.5) is 10.2 Å². The lowest BCUT2D eigenvalue weighted by Crippen LogP contribution is -2.26. The number of nitrogens with one attached hydrogen (secondary N) is 1. The van der Waals surface area contributed by atoms with Gasteiger partial charge < -0.3 is 15.3 Å². The number of thiol groups is 1. The van der Waals surface area contributed by atoms with Gasteiger partial charge in [0.25, 0.3) is 11.1 Å². The number of hydrogen-bond acceptors (Lipinski definition) is 12. The second kappa shape index (κ2) is 15.4. The molecule has 6 aromatic heterocycles. The molecular weight excluding hydrogens is 805 g/mol. The molecule has 6 heterocycles. The van der Waals surface area contributed by atoms with Crippen LogP contribution < -0.4 is 16.9 Å². The molecule has 0 spiro atoms. The van der Waals surface area contributed by atoms with E-state index in [0.717, 1.165) is 16.8 Å². The number of H-pyrrole nitrogens is 1. The maximum absolute atomic E-state index is 14.7. The van der Waals surface area contributed by atoms with Gasteiger partial charge in [0.15, 0.2) is 17.1 Å². The average molecular weight is 836 g/mol. The minimum atomic E-state index is -0.754. The van der Waals surface area contributed by atoms with Crippen LogP contribution in [-0.2, 0) is 6.54 Å². The van der Waals surface area contributed by atoms with Crippen LogP contribution in [-0.4, -0.2) is 58.6 Å². The quantitative estimate of drug-likeness (QED) is 0.152. The average Bonchev–Trinajstić information content (AvgIpc) is 3.90. The maximum Gasteiger partial charge on any atom is 0.267 e. The summed E-state index contributed by atoms with van der Waals surface area (Å²) < 4.78 is 19.4. The summed E-state index contributed by atoms with van der Waals surface area (Å²) in [6, 6.07) is 24.4. The highest BCUT2D eigenvalue weighted by Crippen LogP contribution is 2.32. The number of anilines is 1. The Balaban J connectivity index is 0.000000154. The Morgan fingerprint density at radius 2 is 1.45 bits per heavy atom. The fraction of sp³-hybridized carbons (Fsp3) is 0.0952. The highest BCUT2D eigenvalue weighted by molar-refractivity contribution is 7.80. The van der Waals surface area contributed by atoms with Gasteiger partial charge in [-0.3, -0.25) is 18.7 Å². The van der Waals surface area contributed by atoms with Crippen LogP contribution in [0.25, 0.3) is 55.5 Å². The summed E-state index contributed by atoms with van der Waals surface area (Å²) in [5.41, 5.74) is 11.5. The number of halogens is 2. The zero-order chi connectivity index (χ0) is 41.7. The zero-order valence-electron chi connectivity index (χ0n) is 31.7. The van der Waals surface area contributed by atoms with Crippen molar-refractivity contribution in [2.24, 2.45) is 0 Å². The molecule has 0 radical (unpaired) electrons. The third-order valence-corrected chi connectivity index (χ3v) is 10.8. The SMILES string of the molecule is Cc1cccc2nc(C(S)c3ncnc4[nH]cnc34)n(-c3ccccc3F)c(=O)c12.Cc1ccccc1-n1c(Cn2cnc3c(N)ncnc32)nc2cccc(Cl)c2c1=O. The number of nitrogens with zero attached hydrogens (tertiary/aromatic N) is 11. The number of rotatable bonds is 6. The number of fused-ring (bicyclic) bond motifs is 4. The van der Waals surface area contributed by atoms with Gasteiger partial charge in [0.05, 0.1) is 63.1 Å². The molecule has 0 bridgehead atoms. The van der Waals surface area contributed by atoms with Crippen LogP contribution in [0, 0.1) is 19.7 Å². The van der Waals surface area contributed by atoms with E-state index in [4.69, 9.17) is 39.9 Å². The second-order valence-electron chi connectivity index (χ2n) is 13.7. The Hall–Kier alpha value is -7.37. The summed E-state index contributed by atoms with van der Waals surface area (Å²) >= 11 is 11.1. The first-order chi connectivity index (χ1) is 29.1. The molecule has 0 saturated carbocycles. The smallest absolute Gasteiger partial charge is 0.267 e. The van der Waals surface area contributed by atoms with Gasteiger partial charge in [0.2, 0.25) is 0 Å². The molecule has 15 nitrogen and oxygen atoms in total. The van der Waals surface area contributed by atoms with E-state index in [1.807, 2.05) is 50.2 Å². The van der Waals surface area contributed by atoms with Crippen molar-refractivity contribution in [2.45, 2.75) is 25.6 Å². The fourth-order valence-corrected chi connectivity index (χ4v) is 7.75. The molecule has 296 valence electrons. The first-order valence-electron chi connectivity index (χ1n) is 18.4. The lowest BCUT2D eigenvalue weighted by atomic mass is 10.1. The van der Waals surface area contributed by atoms with Gasteiger partial charge in [0, 0.05) is 0 Å². The number of benzene rings is 4. The van der Waals surface area contributed by atoms with Crippen LogP contribution in [0.3, 0.4) is 0 Å². The van der Waals surface area contributed by atoms with Gasteiger partial charge in [-0.2, -0.15) is 12.6 Å². The summed E-state index contributed by atoms with van der Waals surface area (Å²) in [6.07, 6.45) is 5.89. The highest BCUT2D eigenvalue weighted by Gasteiger charge is 2.26. The Morgan fingerprint density at radius 3 is 2.25 bits per heavy atom. The molecule has 60 heavy (non-hydrogen) atoms. The summed E-state index contributed by atoms with van der Waals surface area (Å²) in [4.78, 5) is 64.8. The van der Waals surface area contributed by atoms with Crippen molar-refractivity contribution in [1.82, 2.24) is 58.6 Å². The van der Waals surface area contributed by atoms with Gasteiger partial charge >= 0.3 is 0 Å². The highest BCUT2D eigenvalue weighted by atomic mass is 35.5. The van der Waals surface area contributed by atoms with E-state index in [0.29, 0.717) is 66.5 Å². The third kappa shape index (κ3) is 6.58. The van der Waals surface area contributed by atoms with Gasteiger partial charge in [-0.1, -0.05) is 60.1 Å². The Labute approximate surface area is 348 Å². The van der Waals surface area contributed by atoms with Crippen molar-refractivity contribution >= 4 is 74.2 Å². The van der Waals surface area contributed by atoms with Crippen molar-refractivity contribution in [2.75, 3.05) is 5.73 Å². The molecule has 18 heteroatoms. The fourth-order valence-electron chi connectivity index (χ4n) is 7.14. The van der Waals surface area contributed by atoms with E-state index >= 15 is 0 Å². The molecule has 0 aliphatic carbocycles. The van der Waals surface area contributed by atoms with E-state index < -0.39 is 11.1 Å². The lowest BCUT2D eigenvalue weighted by Gasteiger charge is -2.19. The molecule has 4 aromatic carbocycles. The molecule has 1 unspecified atom stereocenters. The van der Waals surface area contributed by atoms with Crippen molar-refractivity contribution in [1.29, 1.82) is 0 Å². The number of imidazole rings is 2. The number of nitrogens with two attached hydrogens (primary N) is 1. The predicted molar refractivity (Wildman–Crippen MR) is 230 cm³/mol. The minimum absolute atomic E-state index is 0.0986. The molecule has 0 saturated heterocycles. The lowest BCUT2D eigenvalue weighted by molar-refractivity contribution is 0.611. The van der Waals surface area contributed by atoms with Crippen LogP contribution in [0.5, 0.6) is 0 Å². The molecule has 0 fully saturated rings. The van der Waals surface area contributed by atoms with Gasteiger partial charge in [0.1, 0.15) is 46.4 Å². The van der Waals surface area contributed by atoms with Crippen molar-refractivity contribution in [3.05, 3.63) is 170 Å². The molecule has 10 rings (SSSR count). The minimum Gasteiger partial charge on any atom is -0.382 e. The summed E-state index contributed by atoms with van der Waals surface area (Å²) in [5.74, 6) is 0.534. The zero-order valence-corrected chi connectivity index (χ0v) is 33.3. The van der Waals surface area contributed by atoms with Gasteiger partial charge in [-0.25, -0.2) is 44.3 Å². The largest absolute Gasteiger partial charge is 0.382 e. The van der Waals surface area contributed by atoms with Gasteiger partial charge in [-0.15, -0.1) is 0 Å². The van der Waals surface area contributed by atoms with E-state index in [1.165, 1.54) is 35.7 Å². The predicted octanol–water partition coefficient (Wildman–Crippen LogP) is 6.64. The third-order valence-electron chi connectivity index (χ3n) is 9.99. The number of aromatic nitrogens is 12. The Kier molecular flexibility index (Phi) is 9.81. The maximum atomic E-state index is 14.7. The van der Waals surface area contributed by atoms with Crippen LogP contribution in [0.15, 0.2) is 120 Å². The van der Waals surface area contributed by atoms with E-state index in [1.54, 1.807) is 51.9 Å². The molecule has 10 aromatic rings. The molecular formula is C42H31ClFN13O2S. The summed E-state index contributed by atoms with van der Waals surface area (Å²) in [6.45, 7) is 4.04. The molecule has 0 aliphatic heterocycles. The summed E-state index contributed by atoms with van der Waals surface area (Å²) in [5, 5.41) is 0.425. The second-order valence-corrected chi connectivity index (χ2v) is 14.6. The van der Waals surface area contributed by atoms with Gasteiger partial charge in [-0.05, 0) is 61.4 Å². The van der Waals surface area contributed by atoms with Crippen LogP contribution >= 0.6 is 24.2 Å². The number of aryl methyl sites for hydroxylation is 2. The number of hydrogen-bond donors (Lipinski definition) is 3. The van der Waals surface area contributed by atoms with E-state index in [-0.39, 0.29) is 29.2 Å². The number of nitrogen functional groups attached to an aromatic ring is 1. The molecule has 0 aliphatic rings. The topological polar surface area (TPSA) is 194 Å². The molecule has 1 atom stereocenters. The Morgan fingerprint density at radius 1 is 0.750 bits per heavy atom. The standard InChI is InChI=1S/C21H16ClN7O.C21H15FN6OS/c1-12-5-2-3-8-15(12)29-16(27-14-7-4-6-13(22)17(14)21(29)30)9-28-11-26-18-19(23)24-10-25-20(18)28;1-11-5-4-7-13-15(11)21(29)28(14-8-3-2-6-12(14)22)20(27-13)18(30)16-17-19(25-9-23-16)26-10-24-17/h2-8,10-11H,9H2,1H3,(H2,23,24,25);2-10,18,30H,1H3,(H,23,24,25,26). The normalized spacial score (nSPS) is 11.9. The van der Waals surface area contributed by atoms with E-state index in [2.05, 4.69) is 34.9 Å². The van der Waals surface area contributed by atoms with Crippen LogP contribution in [0.2, 0.25) is 5.02 Å². The molecule has 3 N–H and O–H groups in total. The Bertz CT molecular complexity index is 3420. The van der Waals surface area contributed by atoms with Crippen molar-refractivity contribution in [3.8, 4) is 11.4 Å². The number of aromatic amines is 1.